The molecule has 0 heterocycles. The van der Waals surface area contributed by atoms with E-state index in [0.29, 0.717) is 6.54 Å². The number of aryl methyl sites for hydroxylation is 1. The molecule has 0 saturated heterocycles. The van der Waals surface area contributed by atoms with Crippen LogP contribution in [0.3, 0.4) is 0 Å². The van der Waals surface area contributed by atoms with Crippen molar-refractivity contribution in [3.63, 3.8) is 0 Å². The van der Waals surface area contributed by atoms with Crippen molar-refractivity contribution < 1.29 is 9.53 Å². The van der Waals surface area contributed by atoms with Crippen molar-refractivity contribution in [2.75, 3.05) is 13.7 Å². The standard InChI is InChI=1S/C13H15NO2/c1-10-3-4-12(16-2)11(7-10)13(5-6-13)8-14-9-15/h3-4,7H,5-6,8H2,1-2H3. The number of rotatable bonds is 4. The highest BCUT2D eigenvalue weighted by Crippen LogP contribution is 2.51. The maximum atomic E-state index is 10.2. The smallest absolute Gasteiger partial charge is 0.234 e. The molecule has 0 bridgehead atoms. The van der Waals surface area contributed by atoms with E-state index in [1.54, 1.807) is 13.2 Å². The van der Waals surface area contributed by atoms with Gasteiger partial charge in [0.25, 0.3) is 0 Å². The van der Waals surface area contributed by atoms with Crippen LogP contribution in [0, 0.1) is 6.92 Å². The van der Waals surface area contributed by atoms with Crippen molar-refractivity contribution in [3.05, 3.63) is 29.3 Å². The van der Waals surface area contributed by atoms with Crippen LogP contribution in [0.4, 0.5) is 0 Å². The Morgan fingerprint density at radius 3 is 2.81 bits per heavy atom. The van der Waals surface area contributed by atoms with Crippen molar-refractivity contribution in [3.8, 4) is 5.75 Å². The zero-order valence-corrected chi connectivity index (χ0v) is 9.62. The molecule has 0 aromatic heterocycles. The summed E-state index contributed by atoms with van der Waals surface area (Å²) in [4.78, 5) is 13.9. The first-order valence-electron chi connectivity index (χ1n) is 5.41. The zero-order chi connectivity index (χ0) is 11.6. The second kappa shape index (κ2) is 4.11. The predicted octanol–water partition coefficient (Wildman–Crippen LogP) is 2.37. The highest BCUT2D eigenvalue weighted by atomic mass is 16.5. The number of nitrogens with zero attached hydrogens (tertiary/aromatic N) is 1. The average Bonchev–Trinajstić information content (AvgIpc) is 3.07. The molecule has 1 fully saturated rings. The largest absolute Gasteiger partial charge is 0.496 e. The van der Waals surface area contributed by atoms with E-state index in [0.717, 1.165) is 18.6 Å². The fourth-order valence-corrected chi connectivity index (χ4v) is 2.08. The summed E-state index contributed by atoms with van der Waals surface area (Å²) < 4.78 is 5.37. The van der Waals surface area contributed by atoms with Gasteiger partial charge in [-0.15, -0.1) is 0 Å². The lowest BCUT2D eigenvalue weighted by Crippen LogP contribution is -2.12. The lowest BCUT2D eigenvalue weighted by molar-refractivity contribution is 0.404. The molecule has 0 N–H and O–H groups in total. The highest BCUT2D eigenvalue weighted by Gasteiger charge is 2.46. The fraction of sp³-hybridized carbons (Fsp3) is 0.462. The first-order chi connectivity index (χ1) is 7.72. The first kappa shape index (κ1) is 10.9. The molecule has 1 saturated carbocycles. The molecule has 1 aliphatic rings. The summed E-state index contributed by atoms with van der Waals surface area (Å²) in [5.41, 5.74) is 2.40. The van der Waals surface area contributed by atoms with Gasteiger partial charge >= 0.3 is 0 Å². The third-order valence-corrected chi connectivity index (χ3v) is 3.23. The number of isocyanates is 1. The number of ether oxygens (including phenoxy) is 1. The molecule has 0 spiro atoms. The second-order valence-electron chi connectivity index (χ2n) is 4.39. The van der Waals surface area contributed by atoms with Gasteiger partial charge in [-0.25, -0.2) is 9.79 Å². The second-order valence-corrected chi connectivity index (χ2v) is 4.39. The van der Waals surface area contributed by atoms with Gasteiger partial charge in [0.05, 0.1) is 13.7 Å². The summed E-state index contributed by atoms with van der Waals surface area (Å²) in [6, 6.07) is 6.14. The van der Waals surface area contributed by atoms with Crippen molar-refractivity contribution >= 4 is 6.08 Å². The van der Waals surface area contributed by atoms with Crippen molar-refractivity contribution in [2.45, 2.75) is 25.2 Å². The molecule has 0 radical (unpaired) electrons. The molecule has 0 atom stereocenters. The monoisotopic (exact) mass is 217 g/mol. The highest BCUT2D eigenvalue weighted by molar-refractivity contribution is 5.46. The summed E-state index contributed by atoms with van der Waals surface area (Å²) >= 11 is 0. The molecule has 1 aromatic rings. The number of carbonyl (C=O) groups excluding carboxylic acids is 1. The Hall–Kier alpha value is -1.60. The van der Waals surface area contributed by atoms with Crippen molar-refractivity contribution in [1.82, 2.24) is 0 Å². The fourth-order valence-electron chi connectivity index (χ4n) is 2.08. The molecule has 3 heteroatoms. The summed E-state index contributed by atoms with van der Waals surface area (Å²) in [5, 5.41) is 0. The van der Waals surface area contributed by atoms with E-state index in [2.05, 4.69) is 18.0 Å². The van der Waals surface area contributed by atoms with E-state index in [-0.39, 0.29) is 5.41 Å². The number of methoxy groups -OCH3 is 1. The Kier molecular flexibility index (Phi) is 2.80. The minimum absolute atomic E-state index is 0.0226. The topological polar surface area (TPSA) is 38.7 Å². The molecule has 16 heavy (non-hydrogen) atoms. The van der Waals surface area contributed by atoms with Crippen LogP contribution in [0.1, 0.15) is 24.0 Å². The Morgan fingerprint density at radius 1 is 1.50 bits per heavy atom. The van der Waals surface area contributed by atoms with Crippen LogP contribution in [-0.2, 0) is 10.2 Å². The minimum atomic E-state index is 0.0226. The van der Waals surface area contributed by atoms with Gasteiger partial charge in [-0.3, -0.25) is 0 Å². The van der Waals surface area contributed by atoms with Gasteiger partial charge in [-0.05, 0) is 25.8 Å². The molecule has 84 valence electrons. The van der Waals surface area contributed by atoms with Crippen LogP contribution < -0.4 is 4.74 Å². The molecule has 1 aliphatic carbocycles. The van der Waals surface area contributed by atoms with Crippen LogP contribution in [0.15, 0.2) is 23.2 Å². The van der Waals surface area contributed by atoms with E-state index in [9.17, 15) is 4.79 Å². The summed E-state index contributed by atoms with van der Waals surface area (Å²) in [6.45, 7) is 2.58. The van der Waals surface area contributed by atoms with Gasteiger partial charge in [0.1, 0.15) is 5.75 Å². The van der Waals surface area contributed by atoms with Crippen LogP contribution in [-0.4, -0.2) is 19.7 Å². The van der Waals surface area contributed by atoms with Gasteiger partial charge in [0, 0.05) is 11.0 Å². The molecule has 0 aliphatic heterocycles. The van der Waals surface area contributed by atoms with E-state index < -0.39 is 0 Å². The number of aliphatic imine (C=N–C) groups is 1. The zero-order valence-electron chi connectivity index (χ0n) is 9.62. The van der Waals surface area contributed by atoms with Crippen LogP contribution in [0.2, 0.25) is 0 Å². The summed E-state index contributed by atoms with van der Waals surface area (Å²) in [7, 11) is 1.67. The Labute approximate surface area is 95.2 Å². The molecular formula is C13H15NO2. The normalized spacial score (nSPS) is 16.4. The molecular weight excluding hydrogens is 202 g/mol. The number of hydrogen-bond acceptors (Lipinski definition) is 3. The van der Waals surface area contributed by atoms with Gasteiger partial charge in [0.15, 0.2) is 0 Å². The van der Waals surface area contributed by atoms with Crippen molar-refractivity contribution in [1.29, 1.82) is 0 Å². The molecule has 0 amide bonds. The minimum Gasteiger partial charge on any atom is -0.496 e. The first-order valence-corrected chi connectivity index (χ1v) is 5.41. The van der Waals surface area contributed by atoms with E-state index in [1.807, 2.05) is 12.1 Å². The molecule has 3 nitrogen and oxygen atoms in total. The van der Waals surface area contributed by atoms with Gasteiger partial charge in [-0.2, -0.15) is 0 Å². The Bertz CT molecular complexity index is 443. The number of benzene rings is 1. The van der Waals surface area contributed by atoms with E-state index in [1.165, 1.54) is 11.1 Å². The van der Waals surface area contributed by atoms with Gasteiger partial charge < -0.3 is 4.74 Å². The number of hydrogen-bond donors (Lipinski definition) is 0. The van der Waals surface area contributed by atoms with E-state index >= 15 is 0 Å². The van der Waals surface area contributed by atoms with Crippen molar-refractivity contribution in [2.24, 2.45) is 4.99 Å². The quantitative estimate of drug-likeness (QED) is 0.573. The summed E-state index contributed by atoms with van der Waals surface area (Å²) in [6.07, 6.45) is 3.75. The van der Waals surface area contributed by atoms with Gasteiger partial charge in [-0.1, -0.05) is 17.7 Å². The maximum Gasteiger partial charge on any atom is 0.234 e. The van der Waals surface area contributed by atoms with Crippen LogP contribution >= 0.6 is 0 Å². The molecule has 2 rings (SSSR count). The summed E-state index contributed by atoms with van der Waals surface area (Å²) in [5.74, 6) is 0.893. The lowest BCUT2D eigenvalue weighted by Gasteiger charge is -2.16. The third-order valence-electron chi connectivity index (χ3n) is 3.23. The van der Waals surface area contributed by atoms with Gasteiger partial charge in [0.2, 0.25) is 6.08 Å². The molecule has 0 unspecified atom stereocenters. The van der Waals surface area contributed by atoms with Crippen LogP contribution in [0.25, 0.3) is 0 Å². The molecule has 1 aromatic carbocycles. The maximum absolute atomic E-state index is 10.2. The van der Waals surface area contributed by atoms with Crippen LogP contribution in [0.5, 0.6) is 5.75 Å². The SMILES string of the molecule is COc1ccc(C)cc1C1(CN=C=O)CC1. The predicted molar refractivity (Wildman–Crippen MR) is 61.6 cm³/mol. The third kappa shape index (κ3) is 1.86. The average molecular weight is 217 g/mol. The lowest BCUT2D eigenvalue weighted by atomic mass is 9.93. The Balaban J connectivity index is 2.38. The Morgan fingerprint density at radius 2 is 2.25 bits per heavy atom. The van der Waals surface area contributed by atoms with E-state index in [4.69, 9.17) is 4.74 Å².